The molecule has 0 aliphatic heterocycles. The average molecular weight is 512 g/mol. The summed E-state index contributed by atoms with van der Waals surface area (Å²) in [5.74, 6) is -2.18. The number of carbonyl (C=O) groups is 2. The second-order valence-corrected chi connectivity index (χ2v) is 8.56. The number of carbonyl (C=O) groups excluding carboxylic acids is 2. The summed E-state index contributed by atoms with van der Waals surface area (Å²) in [6.07, 6.45) is -3.37. The van der Waals surface area contributed by atoms with Crippen LogP contribution in [0.4, 0.5) is 13.2 Å². The molecule has 0 saturated carbocycles. The molecule has 0 bridgehead atoms. The fourth-order valence-corrected chi connectivity index (χ4v) is 3.84. The van der Waals surface area contributed by atoms with Crippen LogP contribution >= 0.6 is 0 Å². The Hall–Kier alpha value is -3.30. The van der Waals surface area contributed by atoms with Gasteiger partial charge in [0.1, 0.15) is 18.0 Å². The van der Waals surface area contributed by atoms with Crippen LogP contribution in [-0.4, -0.2) is 41.2 Å². The SMILES string of the molecule is CCC(CC)[C@@H](Oc1ccc(C(F)(F)F)cc1)[C@H](C)OC(=O)[C@H](C)CC(=O)c1nccc(OC)c1O. The largest absolute Gasteiger partial charge is 0.503 e. The van der Waals surface area contributed by atoms with Gasteiger partial charge < -0.3 is 19.3 Å². The van der Waals surface area contributed by atoms with E-state index in [4.69, 9.17) is 14.2 Å². The summed E-state index contributed by atoms with van der Waals surface area (Å²) in [7, 11) is 1.34. The molecular formula is C26H32F3NO6. The quantitative estimate of drug-likeness (QED) is 0.283. The molecule has 2 rings (SSSR count). The van der Waals surface area contributed by atoms with Gasteiger partial charge in [-0.15, -0.1) is 0 Å². The van der Waals surface area contributed by atoms with E-state index in [0.29, 0.717) is 12.8 Å². The highest BCUT2D eigenvalue weighted by molar-refractivity contribution is 5.99. The number of esters is 1. The molecule has 0 unspecified atom stereocenters. The molecular weight excluding hydrogens is 479 g/mol. The number of aromatic hydroxyl groups is 1. The Morgan fingerprint density at radius 1 is 1.06 bits per heavy atom. The predicted octanol–water partition coefficient (Wildman–Crippen LogP) is 5.84. The number of nitrogens with zero attached hydrogens (tertiary/aromatic N) is 1. The lowest BCUT2D eigenvalue weighted by atomic mass is 9.92. The van der Waals surface area contributed by atoms with Gasteiger partial charge in [-0.25, -0.2) is 4.98 Å². The topological polar surface area (TPSA) is 95.0 Å². The van der Waals surface area contributed by atoms with Crippen LogP contribution in [0, 0.1) is 11.8 Å². The Labute approximate surface area is 208 Å². The molecule has 36 heavy (non-hydrogen) atoms. The van der Waals surface area contributed by atoms with E-state index in [2.05, 4.69) is 4.98 Å². The number of alkyl halides is 3. The molecule has 1 aromatic heterocycles. The molecule has 7 nitrogen and oxygen atoms in total. The third-order valence-corrected chi connectivity index (χ3v) is 6.00. The van der Waals surface area contributed by atoms with Gasteiger partial charge in [-0.05, 0) is 49.9 Å². The normalized spacial score (nSPS) is 14.1. The molecule has 1 N–H and O–H groups in total. The van der Waals surface area contributed by atoms with Crippen LogP contribution in [0.2, 0.25) is 0 Å². The van der Waals surface area contributed by atoms with Gasteiger partial charge in [-0.3, -0.25) is 9.59 Å². The lowest BCUT2D eigenvalue weighted by Crippen LogP contribution is -2.40. The van der Waals surface area contributed by atoms with Crippen LogP contribution in [0.1, 0.15) is 63.0 Å². The van der Waals surface area contributed by atoms with Gasteiger partial charge in [0.15, 0.2) is 23.0 Å². The van der Waals surface area contributed by atoms with Crippen LogP contribution in [0.25, 0.3) is 0 Å². The van der Waals surface area contributed by atoms with Gasteiger partial charge in [0.2, 0.25) is 0 Å². The van der Waals surface area contributed by atoms with Gasteiger partial charge in [-0.2, -0.15) is 13.2 Å². The van der Waals surface area contributed by atoms with Crippen molar-refractivity contribution in [1.82, 2.24) is 4.98 Å². The van der Waals surface area contributed by atoms with E-state index in [-0.39, 0.29) is 29.5 Å². The fraction of sp³-hybridized carbons (Fsp3) is 0.500. The van der Waals surface area contributed by atoms with Crippen LogP contribution in [0.5, 0.6) is 17.2 Å². The summed E-state index contributed by atoms with van der Waals surface area (Å²) in [5, 5.41) is 10.1. The van der Waals surface area contributed by atoms with Crippen molar-refractivity contribution in [1.29, 1.82) is 0 Å². The number of ketones is 1. The number of halogens is 3. The minimum atomic E-state index is -4.46. The molecule has 1 heterocycles. The summed E-state index contributed by atoms with van der Waals surface area (Å²) >= 11 is 0. The number of rotatable bonds is 12. The Morgan fingerprint density at radius 2 is 1.67 bits per heavy atom. The Bertz CT molecular complexity index is 1020. The first-order valence-corrected chi connectivity index (χ1v) is 11.7. The first kappa shape index (κ1) is 28.9. The van der Waals surface area contributed by atoms with Gasteiger partial charge in [0.05, 0.1) is 18.6 Å². The van der Waals surface area contributed by atoms with Crippen LogP contribution in [0.3, 0.4) is 0 Å². The van der Waals surface area contributed by atoms with Crippen molar-refractivity contribution >= 4 is 11.8 Å². The highest BCUT2D eigenvalue weighted by Crippen LogP contribution is 2.32. The Kier molecular flexibility index (Phi) is 10.1. The number of methoxy groups -OCH3 is 1. The molecule has 0 spiro atoms. The van der Waals surface area contributed by atoms with E-state index in [1.54, 1.807) is 6.92 Å². The van der Waals surface area contributed by atoms with Gasteiger partial charge in [0, 0.05) is 18.7 Å². The predicted molar refractivity (Wildman–Crippen MR) is 126 cm³/mol. The third-order valence-electron chi connectivity index (χ3n) is 6.00. The molecule has 0 fully saturated rings. The van der Waals surface area contributed by atoms with Crippen molar-refractivity contribution in [3.8, 4) is 17.2 Å². The average Bonchev–Trinajstić information content (AvgIpc) is 2.83. The van der Waals surface area contributed by atoms with Gasteiger partial charge >= 0.3 is 12.1 Å². The molecule has 198 valence electrons. The first-order chi connectivity index (χ1) is 16.9. The van der Waals surface area contributed by atoms with E-state index >= 15 is 0 Å². The van der Waals surface area contributed by atoms with E-state index in [1.807, 2.05) is 13.8 Å². The molecule has 0 aliphatic rings. The number of Topliss-reactive ketones (excluding diaryl/α,β-unsaturated/α-hetero) is 1. The number of ether oxygens (including phenoxy) is 3. The maximum Gasteiger partial charge on any atom is 0.416 e. The maximum absolute atomic E-state index is 12.9. The number of benzene rings is 1. The molecule has 2 aromatic rings. The minimum absolute atomic E-state index is 0.0371. The zero-order chi connectivity index (χ0) is 27.0. The summed E-state index contributed by atoms with van der Waals surface area (Å²) in [6, 6.07) is 5.75. The van der Waals surface area contributed by atoms with E-state index in [1.165, 1.54) is 38.4 Å². The van der Waals surface area contributed by atoms with E-state index in [0.717, 1.165) is 12.1 Å². The first-order valence-electron chi connectivity index (χ1n) is 11.7. The number of pyridine rings is 1. The molecule has 0 saturated heterocycles. The number of hydrogen-bond acceptors (Lipinski definition) is 7. The molecule has 0 aliphatic carbocycles. The zero-order valence-corrected chi connectivity index (χ0v) is 21.0. The van der Waals surface area contributed by atoms with Crippen molar-refractivity contribution in [2.75, 3.05) is 7.11 Å². The molecule has 1 aromatic carbocycles. The van der Waals surface area contributed by atoms with E-state index < -0.39 is 47.4 Å². The molecule has 0 amide bonds. The summed E-state index contributed by atoms with van der Waals surface area (Å²) in [6.45, 7) is 7.06. The third kappa shape index (κ3) is 7.35. The highest BCUT2D eigenvalue weighted by Gasteiger charge is 2.33. The highest BCUT2D eigenvalue weighted by atomic mass is 19.4. The lowest BCUT2D eigenvalue weighted by molar-refractivity contribution is -0.159. The Balaban J connectivity index is 2.11. The monoisotopic (exact) mass is 511 g/mol. The van der Waals surface area contributed by atoms with Gasteiger partial charge in [-0.1, -0.05) is 20.8 Å². The molecule has 3 atom stereocenters. The second-order valence-electron chi connectivity index (χ2n) is 8.56. The van der Waals surface area contributed by atoms with Crippen molar-refractivity contribution in [2.24, 2.45) is 11.8 Å². The van der Waals surface area contributed by atoms with Crippen molar-refractivity contribution < 1.29 is 42.1 Å². The second kappa shape index (κ2) is 12.6. The Morgan fingerprint density at radius 3 is 2.19 bits per heavy atom. The van der Waals surface area contributed by atoms with E-state index in [9.17, 15) is 27.9 Å². The fourth-order valence-electron chi connectivity index (χ4n) is 3.84. The minimum Gasteiger partial charge on any atom is -0.503 e. The lowest BCUT2D eigenvalue weighted by Gasteiger charge is -2.31. The smallest absolute Gasteiger partial charge is 0.416 e. The van der Waals surface area contributed by atoms with Crippen LogP contribution in [0.15, 0.2) is 36.5 Å². The van der Waals surface area contributed by atoms with Crippen LogP contribution < -0.4 is 9.47 Å². The molecule has 10 heteroatoms. The van der Waals surface area contributed by atoms with Crippen molar-refractivity contribution in [2.45, 2.75) is 65.3 Å². The maximum atomic E-state index is 12.9. The van der Waals surface area contributed by atoms with Crippen molar-refractivity contribution in [3.63, 3.8) is 0 Å². The standard InChI is InChI=1S/C26H32F3NO6/c1-6-17(7-2)24(36-19-10-8-18(9-11-19)26(27,28)29)16(4)35-25(33)15(3)14-20(31)22-23(32)21(34-5)12-13-30-22/h8-13,15-17,24,32H,6-7,14H2,1-5H3/t15-,16+,24+/m1/s1. The molecule has 0 radical (unpaired) electrons. The van der Waals surface area contributed by atoms with Crippen LogP contribution in [-0.2, 0) is 15.7 Å². The number of hydrogen-bond donors (Lipinski definition) is 1. The zero-order valence-electron chi connectivity index (χ0n) is 21.0. The van der Waals surface area contributed by atoms with Crippen molar-refractivity contribution in [3.05, 3.63) is 47.8 Å². The summed E-state index contributed by atoms with van der Waals surface area (Å²) in [4.78, 5) is 29.3. The van der Waals surface area contributed by atoms with Gasteiger partial charge in [0.25, 0.3) is 0 Å². The number of aromatic nitrogens is 1. The summed E-state index contributed by atoms with van der Waals surface area (Å²) in [5.41, 5.74) is -0.994. The summed E-state index contributed by atoms with van der Waals surface area (Å²) < 4.78 is 55.2.